The Bertz CT molecular complexity index is 196. The normalized spacial score (nSPS) is 12.3. The highest BCUT2D eigenvalue weighted by atomic mass is 32.2. The third-order valence-electron chi connectivity index (χ3n) is 1.54. The standard InChI is InChI=1S/C8H15NO3S/c1-6(5-13-7(2)10)8(11)9(3)12-4/h6H,5H2,1-4H3. The van der Waals surface area contributed by atoms with Crippen LogP contribution < -0.4 is 0 Å². The van der Waals surface area contributed by atoms with Gasteiger partial charge in [-0.05, 0) is 0 Å². The van der Waals surface area contributed by atoms with Gasteiger partial charge in [0, 0.05) is 25.6 Å². The largest absolute Gasteiger partial charge is 0.288 e. The molecule has 13 heavy (non-hydrogen) atoms. The van der Waals surface area contributed by atoms with Gasteiger partial charge in [0.05, 0.1) is 7.11 Å². The minimum absolute atomic E-state index is 0.0275. The van der Waals surface area contributed by atoms with Crippen molar-refractivity contribution in [2.45, 2.75) is 13.8 Å². The molecule has 0 rings (SSSR count). The predicted octanol–water partition coefficient (Wildman–Crippen LogP) is 0.922. The summed E-state index contributed by atoms with van der Waals surface area (Å²) < 4.78 is 0. The maximum Gasteiger partial charge on any atom is 0.249 e. The fraction of sp³-hybridized carbons (Fsp3) is 0.750. The molecule has 0 saturated heterocycles. The second kappa shape index (κ2) is 5.99. The van der Waals surface area contributed by atoms with Crippen LogP contribution in [0.2, 0.25) is 0 Å². The maximum atomic E-state index is 11.4. The summed E-state index contributed by atoms with van der Waals surface area (Å²) >= 11 is 1.15. The minimum Gasteiger partial charge on any atom is -0.288 e. The molecule has 0 aliphatic carbocycles. The van der Waals surface area contributed by atoms with Gasteiger partial charge in [0.15, 0.2) is 5.12 Å². The highest BCUT2D eigenvalue weighted by Crippen LogP contribution is 2.11. The van der Waals surface area contributed by atoms with Gasteiger partial charge in [-0.2, -0.15) is 0 Å². The van der Waals surface area contributed by atoms with Crippen LogP contribution in [0.15, 0.2) is 0 Å². The van der Waals surface area contributed by atoms with E-state index in [2.05, 4.69) is 0 Å². The summed E-state index contributed by atoms with van der Waals surface area (Å²) in [5.74, 6) is 0.192. The third-order valence-corrected chi connectivity index (χ3v) is 2.62. The Balaban J connectivity index is 3.89. The van der Waals surface area contributed by atoms with Gasteiger partial charge in [-0.1, -0.05) is 18.7 Å². The first-order valence-electron chi connectivity index (χ1n) is 3.94. The van der Waals surface area contributed by atoms with Gasteiger partial charge in [-0.15, -0.1) is 0 Å². The van der Waals surface area contributed by atoms with Gasteiger partial charge in [0.25, 0.3) is 0 Å². The molecular weight excluding hydrogens is 190 g/mol. The summed E-state index contributed by atoms with van der Waals surface area (Å²) in [6, 6.07) is 0. The second-order valence-electron chi connectivity index (χ2n) is 2.72. The predicted molar refractivity (Wildman–Crippen MR) is 52.1 cm³/mol. The maximum absolute atomic E-state index is 11.4. The Morgan fingerprint density at radius 2 is 2.08 bits per heavy atom. The highest BCUT2D eigenvalue weighted by Gasteiger charge is 2.17. The molecule has 0 aromatic carbocycles. The van der Waals surface area contributed by atoms with Gasteiger partial charge in [-0.3, -0.25) is 14.4 Å². The Morgan fingerprint density at radius 3 is 2.46 bits per heavy atom. The zero-order chi connectivity index (χ0) is 10.4. The van der Waals surface area contributed by atoms with Crippen molar-refractivity contribution in [3.05, 3.63) is 0 Å². The summed E-state index contributed by atoms with van der Waals surface area (Å²) in [5, 5.41) is 1.20. The molecule has 0 aliphatic rings. The van der Waals surface area contributed by atoms with Crippen molar-refractivity contribution in [2.24, 2.45) is 5.92 Å². The zero-order valence-corrected chi connectivity index (χ0v) is 9.18. The number of thioether (sulfide) groups is 1. The molecule has 1 atom stereocenters. The quantitative estimate of drug-likeness (QED) is 0.640. The Morgan fingerprint density at radius 1 is 1.54 bits per heavy atom. The van der Waals surface area contributed by atoms with Gasteiger partial charge >= 0.3 is 0 Å². The fourth-order valence-corrected chi connectivity index (χ4v) is 1.34. The van der Waals surface area contributed by atoms with Crippen molar-refractivity contribution >= 4 is 22.8 Å². The van der Waals surface area contributed by atoms with Crippen molar-refractivity contribution in [1.29, 1.82) is 0 Å². The molecule has 76 valence electrons. The van der Waals surface area contributed by atoms with E-state index in [1.165, 1.54) is 19.1 Å². The monoisotopic (exact) mass is 205 g/mol. The van der Waals surface area contributed by atoms with Crippen LogP contribution in [0.4, 0.5) is 0 Å². The van der Waals surface area contributed by atoms with Crippen LogP contribution in [-0.4, -0.2) is 36.0 Å². The molecule has 0 N–H and O–H groups in total. The number of carbonyl (C=O) groups excluding carboxylic acids is 2. The van der Waals surface area contributed by atoms with Crippen LogP contribution in [0.1, 0.15) is 13.8 Å². The average Bonchev–Trinajstić information content (AvgIpc) is 2.11. The molecule has 1 amide bonds. The molecule has 1 unspecified atom stereocenters. The van der Waals surface area contributed by atoms with Crippen molar-refractivity contribution in [3.63, 3.8) is 0 Å². The van der Waals surface area contributed by atoms with Gasteiger partial charge in [0.2, 0.25) is 5.91 Å². The molecular formula is C8H15NO3S. The molecule has 4 nitrogen and oxygen atoms in total. The average molecular weight is 205 g/mol. The number of rotatable bonds is 4. The molecule has 0 bridgehead atoms. The number of carbonyl (C=O) groups is 2. The van der Waals surface area contributed by atoms with E-state index in [4.69, 9.17) is 4.84 Å². The summed E-state index contributed by atoms with van der Waals surface area (Å²) in [7, 11) is 2.99. The van der Waals surface area contributed by atoms with Gasteiger partial charge in [0.1, 0.15) is 0 Å². The van der Waals surface area contributed by atoms with E-state index in [0.717, 1.165) is 11.8 Å². The second-order valence-corrected chi connectivity index (χ2v) is 3.92. The van der Waals surface area contributed by atoms with E-state index >= 15 is 0 Å². The molecule has 0 fully saturated rings. The Labute approximate surface area is 82.6 Å². The first-order valence-corrected chi connectivity index (χ1v) is 4.92. The first-order chi connectivity index (χ1) is 5.99. The molecule has 0 spiro atoms. The van der Waals surface area contributed by atoms with Crippen LogP contribution in [0.5, 0.6) is 0 Å². The van der Waals surface area contributed by atoms with Crippen LogP contribution in [0.3, 0.4) is 0 Å². The summed E-state index contributed by atoms with van der Waals surface area (Å²) in [5.41, 5.74) is 0. The molecule has 5 heteroatoms. The van der Waals surface area contributed by atoms with Crippen LogP contribution >= 0.6 is 11.8 Å². The minimum atomic E-state index is -0.196. The molecule has 0 aliphatic heterocycles. The third kappa shape index (κ3) is 4.90. The van der Waals surface area contributed by atoms with E-state index in [-0.39, 0.29) is 16.9 Å². The van der Waals surface area contributed by atoms with Crippen molar-refractivity contribution in [1.82, 2.24) is 5.06 Å². The van der Waals surface area contributed by atoms with Crippen LogP contribution in [0.25, 0.3) is 0 Å². The van der Waals surface area contributed by atoms with E-state index in [1.807, 2.05) is 0 Å². The topological polar surface area (TPSA) is 46.6 Å². The fourth-order valence-electron chi connectivity index (χ4n) is 0.714. The molecule has 0 aromatic heterocycles. The molecule has 0 heterocycles. The smallest absolute Gasteiger partial charge is 0.249 e. The number of hydroxylamine groups is 2. The zero-order valence-electron chi connectivity index (χ0n) is 8.36. The summed E-state index contributed by atoms with van der Waals surface area (Å²) in [4.78, 5) is 26.7. The Kier molecular flexibility index (Phi) is 5.73. The lowest BCUT2D eigenvalue weighted by molar-refractivity contribution is -0.172. The van der Waals surface area contributed by atoms with Crippen molar-refractivity contribution < 1.29 is 14.4 Å². The van der Waals surface area contributed by atoms with E-state index in [1.54, 1.807) is 14.0 Å². The van der Waals surface area contributed by atoms with Crippen LogP contribution in [0, 0.1) is 5.92 Å². The van der Waals surface area contributed by atoms with E-state index < -0.39 is 0 Å². The Hall–Kier alpha value is -0.550. The van der Waals surface area contributed by atoms with E-state index in [9.17, 15) is 9.59 Å². The summed E-state index contributed by atoms with van der Waals surface area (Å²) in [6.45, 7) is 3.26. The lowest BCUT2D eigenvalue weighted by atomic mass is 10.2. The number of amides is 1. The van der Waals surface area contributed by atoms with Crippen LogP contribution in [-0.2, 0) is 14.4 Å². The summed E-state index contributed by atoms with van der Waals surface area (Å²) in [6.07, 6.45) is 0. The van der Waals surface area contributed by atoms with Crippen molar-refractivity contribution in [3.8, 4) is 0 Å². The SMILES string of the molecule is CON(C)C(=O)C(C)CSC(C)=O. The van der Waals surface area contributed by atoms with Crippen molar-refractivity contribution in [2.75, 3.05) is 19.9 Å². The molecule has 0 aromatic rings. The lowest BCUT2D eigenvalue weighted by Crippen LogP contribution is -2.31. The number of hydrogen-bond donors (Lipinski definition) is 0. The number of nitrogens with zero attached hydrogens (tertiary/aromatic N) is 1. The van der Waals surface area contributed by atoms with E-state index in [0.29, 0.717) is 5.75 Å². The van der Waals surface area contributed by atoms with Gasteiger partial charge in [-0.25, -0.2) is 5.06 Å². The molecule has 0 radical (unpaired) electrons. The highest BCUT2D eigenvalue weighted by molar-refractivity contribution is 8.13. The lowest BCUT2D eigenvalue weighted by Gasteiger charge is -2.17. The number of hydrogen-bond acceptors (Lipinski definition) is 4. The van der Waals surface area contributed by atoms with Gasteiger partial charge < -0.3 is 0 Å². The first kappa shape index (κ1) is 12.4. The molecule has 0 saturated carbocycles.